The summed E-state index contributed by atoms with van der Waals surface area (Å²) >= 11 is 0. The Kier molecular flexibility index (Phi) is 4.74. The topological polar surface area (TPSA) is 72.2 Å². The molecule has 0 aromatic carbocycles. The van der Waals surface area contributed by atoms with Crippen LogP contribution in [0.15, 0.2) is 0 Å². The SMILES string of the molecule is CCC(C)C(CS(C)(=O)=O)NN. The van der Waals surface area contributed by atoms with Gasteiger partial charge in [0.15, 0.2) is 0 Å². The maximum absolute atomic E-state index is 10.9. The number of sulfone groups is 1. The van der Waals surface area contributed by atoms with Crippen molar-refractivity contribution < 1.29 is 8.42 Å². The molecule has 0 aromatic heterocycles. The van der Waals surface area contributed by atoms with Crippen LogP contribution in [0.25, 0.3) is 0 Å². The standard InChI is InChI=1S/C7H18N2O2S/c1-4-6(2)7(9-8)5-12(3,10)11/h6-7,9H,4-5,8H2,1-3H3. The summed E-state index contributed by atoms with van der Waals surface area (Å²) < 4.78 is 21.9. The highest BCUT2D eigenvalue weighted by molar-refractivity contribution is 7.90. The molecule has 0 radical (unpaired) electrons. The zero-order chi connectivity index (χ0) is 9.78. The maximum Gasteiger partial charge on any atom is 0.149 e. The van der Waals surface area contributed by atoms with Gasteiger partial charge in [-0.05, 0) is 5.92 Å². The van der Waals surface area contributed by atoms with E-state index in [-0.39, 0.29) is 17.7 Å². The first-order valence-corrected chi connectivity index (χ1v) is 6.10. The molecule has 0 amide bonds. The average Bonchev–Trinajstić information content (AvgIpc) is 1.97. The van der Waals surface area contributed by atoms with Gasteiger partial charge >= 0.3 is 0 Å². The van der Waals surface area contributed by atoms with E-state index in [2.05, 4.69) is 5.43 Å². The van der Waals surface area contributed by atoms with Crippen LogP contribution in [-0.2, 0) is 9.84 Å². The van der Waals surface area contributed by atoms with Crippen LogP contribution in [0.4, 0.5) is 0 Å². The minimum Gasteiger partial charge on any atom is -0.271 e. The quantitative estimate of drug-likeness (QED) is 0.474. The van der Waals surface area contributed by atoms with E-state index in [1.807, 2.05) is 13.8 Å². The van der Waals surface area contributed by atoms with Crippen molar-refractivity contribution in [2.75, 3.05) is 12.0 Å². The Hall–Kier alpha value is -0.130. The number of nitrogens with two attached hydrogens (primary N) is 1. The van der Waals surface area contributed by atoms with Crippen molar-refractivity contribution in [2.45, 2.75) is 26.3 Å². The molecule has 0 saturated heterocycles. The number of hydrazine groups is 1. The molecule has 2 unspecified atom stereocenters. The van der Waals surface area contributed by atoms with E-state index in [4.69, 9.17) is 5.84 Å². The Balaban J connectivity index is 4.18. The van der Waals surface area contributed by atoms with E-state index in [9.17, 15) is 8.42 Å². The van der Waals surface area contributed by atoms with Crippen LogP contribution in [0.5, 0.6) is 0 Å². The van der Waals surface area contributed by atoms with Crippen molar-refractivity contribution in [3.8, 4) is 0 Å². The van der Waals surface area contributed by atoms with Gasteiger partial charge in [0.25, 0.3) is 0 Å². The zero-order valence-electron chi connectivity index (χ0n) is 7.87. The van der Waals surface area contributed by atoms with Crippen LogP contribution in [0.2, 0.25) is 0 Å². The zero-order valence-corrected chi connectivity index (χ0v) is 8.69. The van der Waals surface area contributed by atoms with E-state index in [0.29, 0.717) is 0 Å². The fourth-order valence-corrected chi connectivity index (χ4v) is 2.06. The first kappa shape index (κ1) is 11.9. The first-order chi connectivity index (χ1) is 5.40. The summed E-state index contributed by atoms with van der Waals surface area (Å²) in [5, 5.41) is 0. The van der Waals surface area contributed by atoms with E-state index >= 15 is 0 Å². The van der Waals surface area contributed by atoms with Gasteiger partial charge in [-0.3, -0.25) is 11.3 Å². The van der Waals surface area contributed by atoms with Crippen molar-refractivity contribution in [2.24, 2.45) is 11.8 Å². The first-order valence-electron chi connectivity index (χ1n) is 4.04. The van der Waals surface area contributed by atoms with Crippen LogP contribution in [0.1, 0.15) is 20.3 Å². The summed E-state index contributed by atoms with van der Waals surface area (Å²) in [6.45, 7) is 3.99. The van der Waals surface area contributed by atoms with Gasteiger partial charge in [0.1, 0.15) is 9.84 Å². The average molecular weight is 194 g/mol. The fraction of sp³-hybridized carbons (Fsp3) is 1.00. The molecule has 0 aliphatic heterocycles. The molecule has 0 spiro atoms. The predicted octanol–water partition coefficient (Wildman–Crippen LogP) is -0.0910. The maximum atomic E-state index is 10.9. The van der Waals surface area contributed by atoms with Gasteiger partial charge in [-0.25, -0.2) is 8.42 Å². The third-order valence-corrected chi connectivity index (χ3v) is 2.99. The van der Waals surface area contributed by atoms with E-state index in [1.54, 1.807) is 0 Å². The van der Waals surface area contributed by atoms with Crippen LogP contribution in [0, 0.1) is 5.92 Å². The summed E-state index contributed by atoms with van der Waals surface area (Å²) in [4.78, 5) is 0. The van der Waals surface area contributed by atoms with Crippen LogP contribution >= 0.6 is 0 Å². The molecule has 12 heavy (non-hydrogen) atoms. The minimum atomic E-state index is -2.93. The highest BCUT2D eigenvalue weighted by atomic mass is 32.2. The van der Waals surface area contributed by atoms with Gasteiger partial charge in [0.05, 0.1) is 5.75 Å². The van der Waals surface area contributed by atoms with Crippen molar-refractivity contribution in [3.05, 3.63) is 0 Å². The van der Waals surface area contributed by atoms with E-state index in [0.717, 1.165) is 6.42 Å². The molecule has 3 N–H and O–H groups in total. The lowest BCUT2D eigenvalue weighted by atomic mass is 10.0. The van der Waals surface area contributed by atoms with Gasteiger partial charge in [-0.15, -0.1) is 0 Å². The summed E-state index contributed by atoms with van der Waals surface area (Å²) in [5.41, 5.74) is 2.53. The lowest BCUT2D eigenvalue weighted by molar-refractivity contribution is 0.397. The predicted molar refractivity (Wildman–Crippen MR) is 50.3 cm³/mol. The molecule has 0 saturated carbocycles. The minimum absolute atomic E-state index is 0.110. The van der Waals surface area contributed by atoms with Gasteiger partial charge in [0, 0.05) is 12.3 Å². The van der Waals surface area contributed by atoms with E-state index < -0.39 is 9.84 Å². The molecule has 4 nitrogen and oxygen atoms in total. The van der Waals surface area contributed by atoms with Crippen LogP contribution in [0.3, 0.4) is 0 Å². The number of hydrogen-bond donors (Lipinski definition) is 2. The Morgan fingerprint density at radius 2 is 2.00 bits per heavy atom. The Morgan fingerprint density at radius 1 is 1.50 bits per heavy atom. The number of nitrogens with one attached hydrogen (secondary N) is 1. The largest absolute Gasteiger partial charge is 0.271 e. The monoisotopic (exact) mass is 194 g/mol. The lowest BCUT2D eigenvalue weighted by Gasteiger charge is -2.20. The highest BCUT2D eigenvalue weighted by Gasteiger charge is 2.18. The molecule has 0 heterocycles. The molecular formula is C7H18N2O2S. The van der Waals surface area contributed by atoms with Crippen molar-refractivity contribution in [3.63, 3.8) is 0 Å². The van der Waals surface area contributed by atoms with Gasteiger partial charge in [-0.1, -0.05) is 20.3 Å². The molecule has 74 valence electrons. The van der Waals surface area contributed by atoms with Crippen LogP contribution < -0.4 is 11.3 Å². The highest BCUT2D eigenvalue weighted by Crippen LogP contribution is 2.08. The van der Waals surface area contributed by atoms with Gasteiger partial charge < -0.3 is 0 Å². The Labute approximate surface area is 74.4 Å². The molecule has 0 aliphatic rings. The second-order valence-electron chi connectivity index (χ2n) is 3.25. The Morgan fingerprint density at radius 3 is 2.25 bits per heavy atom. The summed E-state index contributed by atoms with van der Waals surface area (Å²) in [5.74, 6) is 5.63. The van der Waals surface area contributed by atoms with Crippen molar-refractivity contribution >= 4 is 9.84 Å². The summed E-state index contributed by atoms with van der Waals surface area (Å²) in [6.07, 6.45) is 2.14. The smallest absolute Gasteiger partial charge is 0.149 e. The molecular weight excluding hydrogens is 176 g/mol. The van der Waals surface area contributed by atoms with Crippen LogP contribution in [-0.4, -0.2) is 26.5 Å². The third kappa shape index (κ3) is 4.69. The molecule has 0 aromatic rings. The van der Waals surface area contributed by atoms with Crippen molar-refractivity contribution in [1.29, 1.82) is 0 Å². The Bertz CT molecular complexity index is 213. The molecule has 0 rings (SSSR count). The lowest BCUT2D eigenvalue weighted by Crippen LogP contribution is -2.44. The summed E-state index contributed by atoms with van der Waals surface area (Å²) in [6, 6.07) is -0.134. The third-order valence-electron chi connectivity index (χ3n) is 2.03. The number of rotatable bonds is 5. The molecule has 2 atom stereocenters. The summed E-state index contributed by atoms with van der Waals surface area (Å²) in [7, 11) is -2.93. The van der Waals surface area contributed by atoms with Crippen molar-refractivity contribution in [1.82, 2.24) is 5.43 Å². The normalized spacial score (nSPS) is 17.3. The van der Waals surface area contributed by atoms with Gasteiger partial charge in [0.2, 0.25) is 0 Å². The second kappa shape index (κ2) is 4.79. The second-order valence-corrected chi connectivity index (χ2v) is 5.44. The molecule has 0 bridgehead atoms. The fourth-order valence-electron chi connectivity index (χ4n) is 0.987. The van der Waals surface area contributed by atoms with E-state index in [1.165, 1.54) is 6.26 Å². The molecule has 5 heteroatoms. The molecule has 0 aliphatic carbocycles. The molecule has 0 fully saturated rings. The van der Waals surface area contributed by atoms with Gasteiger partial charge in [-0.2, -0.15) is 0 Å². The number of hydrogen-bond acceptors (Lipinski definition) is 4.